The molecule has 23 heavy (non-hydrogen) atoms. The number of hydrogen-bond donors (Lipinski definition) is 1. The van der Waals surface area contributed by atoms with Gasteiger partial charge in [-0.15, -0.1) is 0 Å². The maximum Gasteiger partial charge on any atom is 0.345 e. The zero-order valence-electron chi connectivity index (χ0n) is 13.9. The topological polar surface area (TPSA) is 55.8 Å². The van der Waals surface area contributed by atoms with Crippen molar-refractivity contribution in [2.75, 3.05) is 7.11 Å². The Balaban J connectivity index is 2.24. The molecule has 0 radical (unpaired) electrons. The number of ether oxygens (including phenoxy) is 2. The van der Waals surface area contributed by atoms with E-state index in [0.717, 1.165) is 16.7 Å². The third kappa shape index (κ3) is 4.25. The predicted octanol–water partition coefficient (Wildman–Crippen LogP) is 3.70. The highest BCUT2D eigenvalue weighted by molar-refractivity contribution is 5.73. The zero-order valence-corrected chi connectivity index (χ0v) is 13.9. The average molecular weight is 314 g/mol. The van der Waals surface area contributed by atoms with E-state index in [-0.39, 0.29) is 0 Å². The lowest BCUT2D eigenvalue weighted by Crippen LogP contribution is -2.30. The van der Waals surface area contributed by atoms with E-state index in [1.54, 1.807) is 31.4 Å². The summed E-state index contributed by atoms with van der Waals surface area (Å²) >= 11 is 0. The SMILES string of the molecule is COc1cccc(O[C@@H](Cc2c(C)cc(C)cc2C)C(=O)O)c1. The van der Waals surface area contributed by atoms with Gasteiger partial charge in [0, 0.05) is 12.5 Å². The largest absolute Gasteiger partial charge is 0.497 e. The third-order valence-corrected chi connectivity index (χ3v) is 3.82. The second-order valence-corrected chi connectivity index (χ2v) is 5.71. The minimum atomic E-state index is -0.979. The smallest absolute Gasteiger partial charge is 0.345 e. The Morgan fingerprint density at radius 2 is 1.70 bits per heavy atom. The van der Waals surface area contributed by atoms with Gasteiger partial charge in [0.05, 0.1) is 7.11 Å². The van der Waals surface area contributed by atoms with Crippen molar-refractivity contribution in [1.29, 1.82) is 0 Å². The van der Waals surface area contributed by atoms with Crippen LogP contribution in [0.3, 0.4) is 0 Å². The minimum Gasteiger partial charge on any atom is -0.497 e. The molecule has 0 fully saturated rings. The molecule has 0 aliphatic heterocycles. The highest BCUT2D eigenvalue weighted by atomic mass is 16.5. The van der Waals surface area contributed by atoms with E-state index in [4.69, 9.17) is 9.47 Å². The number of aliphatic carboxylic acids is 1. The number of hydrogen-bond acceptors (Lipinski definition) is 3. The molecule has 0 amide bonds. The Morgan fingerprint density at radius 3 is 2.26 bits per heavy atom. The number of rotatable bonds is 6. The van der Waals surface area contributed by atoms with Crippen molar-refractivity contribution < 1.29 is 19.4 Å². The molecule has 0 unspecified atom stereocenters. The number of benzene rings is 2. The minimum absolute atomic E-state index is 0.324. The van der Waals surface area contributed by atoms with Gasteiger partial charge in [-0.1, -0.05) is 23.8 Å². The molecular formula is C19H22O4. The highest BCUT2D eigenvalue weighted by Gasteiger charge is 2.22. The van der Waals surface area contributed by atoms with E-state index >= 15 is 0 Å². The Labute approximate surface area is 136 Å². The van der Waals surface area contributed by atoms with Gasteiger partial charge < -0.3 is 14.6 Å². The Morgan fingerprint density at radius 1 is 1.09 bits per heavy atom. The van der Waals surface area contributed by atoms with Gasteiger partial charge in [-0.3, -0.25) is 0 Å². The van der Waals surface area contributed by atoms with Gasteiger partial charge in [0.1, 0.15) is 11.5 Å². The fourth-order valence-corrected chi connectivity index (χ4v) is 2.74. The fourth-order valence-electron chi connectivity index (χ4n) is 2.74. The van der Waals surface area contributed by atoms with Crippen LogP contribution in [0, 0.1) is 20.8 Å². The van der Waals surface area contributed by atoms with E-state index in [1.165, 1.54) is 5.56 Å². The van der Waals surface area contributed by atoms with Gasteiger partial charge in [-0.25, -0.2) is 4.79 Å². The first kappa shape index (κ1) is 16.9. The molecule has 0 saturated heterocycles. The molecule has 4 heteroatoms. The number of methoxy groups -OCH3 is 1. The van der Waals surface area contributed by atoms with Crippen LogP contribution in [-0.4, -0.2) is 24.3 Å². The predicted molar refractivity (Wildman–Crippen MR) is 89.4 cm³/mol. The molecule has 4 nitrogen and oxygen atoms in total. The summed E-state index contributed by atoms with van der Waals surface area (Å²) in [6.07, 6.45) is -0.618. The monoisotopic (exact) mass is 314 g/mol. The molecule has 0 saturated carbocycles. The van der Waals surface area contributed by atoms with Gasteiger partial charge in [0.15, 0.2) is 6.10 Å². The summed E-state index contributed by atoms with van der Waals surface area (Å²) in [6.45, 7) is 6.03. The summed E-state index contributed by atoms with van der Waals surface area (Å²) in [5.74, 6) is 0.140. The number of aryl methyl sites for hydroxylation is 3. The number of carboxylic acid groups (broad SMARTS) is 1. The van der Waals surface area contributed by atoms with Gasteiger partial charge >= 0.3 is 5.97 Å². The van der Waals surface area contributed by atoms with Crippen LogP contribution in [0.5, 0.6) is 11.5 Å². The zero-order chi connectivity index (χ0) is 17.0. The van der Waals surface area contributed by atoms with Crippen LogP contribution in [0.2, 0.25) is 0 Å². The molecule has 1 atom stereocenters. The van der Waals surface area contributed by atoms with Crippen LogP contribution in [-0.2, 0) is 11.2 Å². The molecule has 0 aliphatic carbocycles. The van der Waals surface area contributed by atoms with Gasteiger partial charge in [-0.05, 0) is 49.6 Å². The van der Waals surface area contributed by atoms with Crippen molar-refractivity contribution in [2.24, 2.45) is 0 Å². The van der Waals surface area contributed by atoms with Crippen molar-refractivity contribution in [3.05, 3.63) is 58.7 Å². The normalized spacial score (nSPS) is 11.8. The quantitative estimate of drug-likeness (QED) is 0.883. The third-order valence-electron chi connectivity index (χ3n) is 3.82. The first-order chi connectivity index (χ1) is 10.9. The van der Waals surface area contributed by atoms with Gasteiger partial charge in [0.2, 0.25) is 0 Å². The van der Waals surface area contributed by atoms with E-state index in [0.29, 0.717) is 17.9 Å². The van der Waals surface area contributed by atoms with E-state index in [9.17, 15) is 9.90 Å². The van der Waals surface area contributed by atoms with Crippen molar-refractivity contribution in [3.63, 3.8) is 0 Å². The summed E-state index contributed by atoms with van der Waals surface area (Å²) in [4.78, 5) is 11.6. The van der Waals surface area contributed by atoms with Crippen LogP contribution in [0.4, 0.5) is 0 Å². The molecule has 2 aromatic carbocycles. The maximum atomic E-state index is 11.6. The second-order valence-electron chi connectivity index (χ2n) is 5.71. The molecule has 122 valence electrons. The Kier molecular flexibility index (Phi) is 5.27. The molecular weight excluding hydrogens is 292 g/mol. The van der Waals surface area contributed by atoms with E-state index in [2.05, 4.69) is 12.1 Å². The Bertz CT molecular complexity index is 683. The van der Waals surface area contributed by atoms with Crippen molar-refractivity contribution in [3.8, 4) is 11.5 Å². The van der Waals surface area contributed by atoms with Gasteiger partial charge in [-0.2, -0.15) is 0 Å². The lowest BCUT2D eigenvalue weighted by Gasteiger charge is -2.18. The summed E-state index contributed by atoms with van der Waals surface area (Å²) in [5, 5.41) is 9.50. The molecule has 0 aliphatic rings. The standard InChI is InChI=1S/C19H22O4/c1-12-8-13(2)17(14(3)9-12)11-18(19(20)21)23-16-7-5-6-15(10-16)22-4/h5-10,18H,11H2,1-4H3,(H,20,21)/t18-/m0/s1. The van der Waals surface area contributed by atoms with E-state index < -0.39 is 12.1 Å². The molecule has 0 heterocycles. The Hall–Kier alpha value is -2.49. The molecule has 0 aromatic heterocycles. The molecule has 0 spiro atoms. The maximum absolute atomic E-state index is 11.6. The molecule has 2 rings (SSSR count). The molecule has 0 bridgehead atoms. The van der Waals surface area contributed by atoms with Crippen LogP contribution in [0.25, 0.3) is 0 Å². The van der Waals surface area contributed by atoms with Crippen molar-refractivity contribution in [2.45, 2.75) is 33.3 Å². The summed E-state index contributed by atoms with van der Waals surface area (Å²) in [5.41, 5.74) is 4.36. The van der Waals surface area contributed by atoms with Crippen molar-refractivity contribution >= 4 is 5.97 Å². The van der Waals surface area contributed by atoms with Crippen LogP contribution in [0.1, 0.15) is 22.3 Å². The summed E-state index contributed by atoms with van der Waals surface area (Å²) in [6, 6.07) is 11.1. The van der Waals surface area contributed by atoms with Crippen LogP contribution in [0.15, 0.2) is 36.4 Å². The highest BCUT2D eigenvalue weighted by Crippen LogP contribution is 2.23. The van der Waals surface area contributed by atoms with E-state index in [1.807, 2.05) is 20.8 Å². The fraction of sp³-hybridized carbons (Fsp3) is 0.316. The van der Waals surface area contributed by atoms with Crippen LogP contribution >= 0.6 is 0 Å². The lowest BCUT2D eigenvalue weighted by atomic mass is 9.95. The average Bonchev–Trinajstić information content (AvgIpc) is 2.49. The molecule has 2 aromatic rings. The van der Waals surface area contributed by atoms with Gasteiger partial charge in [0.25, 0.3) is 0 Å². The number of carbonyl (C=O) groups is 1. The second kappa shape index (κ2) is 7.18. The first-order valence-corrected chi connectivity index (χ1v) is 7.51. The molecule has 1 N–H and O–H groups in total. The summed E-state index contributed by atoms with van der Waals surface area (Å²) < 4.78 is 10.8. The first-order valence-electron chi connectivity index (χ1n) is 7.51. The van der Waals surface area contributed by atoms with Crippen LogP contribution < -0.4 is 9.47 Å². The lowest BCUT2D eigenvalue weighted by molar-refractivity contribution is -0.145. The van der Waals surface area contributed by atoms with Crippen molar-refractivity contribution in [1.82, 2.24) is 0 Å². The number of carboxylic acids is 1. The summed E-state index contributed by atoms with van der Waals surface area (Å²) in [7, 11) is 1.56.